The molecule has 1 aromatic heterocycles. The average Bonchev–Trinajstić information content (AvgIpc) is 3.27. The zero-order valence-electron chi connectivity index (χ0n) is 20.2. The number of para-hydroxylation sites is 2. The molecular weight excluding hydrogens is 486 g/mol. The van der Waals surface area contributed by atoms with Crippen molar-refractivity contribution >= 4 is 39.7 Å². The second-order valence-electron chi connectivity index (χ2n) is 8.71. The number of benzene rings is 4. The van der Waals surface area contributed by atoms with E-state index >= 15 is 0 Å². The molecule has 0 amide bonds. The number of nitro groups is 2. The van der Waals surface area contributed by atoms with Crippen LogP contribution in [0.3, 0.4) is 0 Å². The third kappa shape index (κ3) is 4.70. The smallest absolute Gasteiger partial charge is 0.300 e. The molecule has 10 nitrogen and oxygen atoms in total. The first-order chi connectivity index (χ1) is 18.3. The monoisotopic (exact) mass is 507 g/mol. The van der Waals surface area contributed by atoms with Gasteiger partial charge in [0.05, 0.1) is 26.4 Å². The molecule has 0 saturated carbocycles. The summed E-state index contributed by atoms with van der Waals surface area (Å²) < 4.78 is 1.36. The quantitative estimate of drug-likeness (QED) is 0.205. The molecule has 0 aliphatic carbocycles. The second-order valence-corrected chi connectivity index (χ2v) is 8.71. The van der Waals surface area contributed by atoms with Crippen LogP contribution in [-0.4, -0.2) is 25.3 Å². The van der Waals surface area contributed by atoms with Gasteiger partial charge in [-0.1, -0.05) is 60.2 Å². The first-order valence-electron chi connectivity index (χ1n) is 11.7. The van der Waals surface area contributed by atoms with Crippen LogP contribution in [0.15, 0.2) is 91.0 Å². The Bertz CT molecular complexity index is 1660. The van der Waals surface area contributed by atoms with Gasteiger partial charge in [-0.05, 0) is 36.8 Å². The number of hydrogen-bond acceptors (Lipinski definition) is 7. The Morgan fingerprint density at radius 3 is 2.11 bits per heavy atom. The van der Waals surface area contributed by atoms with Crippen LogP contribution in [0.5, 0.6) is 0 Å². The predicted molar refractivity (Wildman–Crippen MR) is 143 cm³/mol. The first-order valence-corrected chi connectivity index (χ1v) is 11.7. The third-order valence-corrected chi connectivity index (χ3v) is 6.10. The average molecular weight is 508 g/mol. The van der Waals surface area contributed by atoms with Crippen LogP contribution in [0.25, 0.3) is 11.0 Å². The molecule has 0 saturated heterocycles. The van der Waals surface area contributed by atoms with E-state index < -0.39 is 27.1 Å². The van der Waals surface area contributed by atoms with E-state index in [1.807, 2.05) is 37.3 Å². The predicted octanol–water partition coefficient (Wildman–Crippen LogP) is 6.18. The fourth-order valence-corrected chi connectivity index (χ4v) is 4.26. The third-order valence-electron chi connectivity index (χ3n) is 6.10. The number of imidazole rings is 1. The lowest BCUT2D eigenvalue weighted by Crippen LogP contribution is -2.17. The van der Waals surface area contributed by atoms with Crippen molar-refractivity contribution in [2.24, 2.45) is 0 Å². The van der Waals surface area contributed by atoms with E-state index in [1.54, 1.807) is 48.5 Å². The lowest BCUT2D eigenvalue weighted by Gasteiger charge is -2.12. The van der Waals surface area contributed by atoms with E-state index in [0.717, 1.165) is 23.3 Å². The van der Waals surface area contributed by atoms with Crippen LogP contribution in [-0.2, 0) is 6.42 Å². The SMILES string of the molecule is Cc1ccc(Nc2c([N+](=O)[O-])cc(C(=O)n3c(Cc4ccccc4)nc4ccccc43)cc2[N+](=O)[O-])cc1. The maximum atomic E-state index is 13.8. The van der Waals surface area contributed by atoms with Gasteiger partial charge in [0.1, 0.15) is 5.82 Å². The van der Waals surface area contributed by atoms with Gasteiger partial charge in [0.2, 0.25) is 0 Å². The molecule has 0 aliphatic rings. The number of aromatic nitrogens is 2. The molecule has 4 aromatic carbocycles. The Kier molecular flexibility index (Phi) is 6.36. The summed E-state index contributed by atoms with van der Waals surface area (Å²) in [4.78, 5) is 41.1. The molecule has 188 valence electrons. The van der Waals surface area contributed by atoms with E-state index in [9.17, 15) is 25.0 Å². The van der Waals surface area contributed by atoms with Gasteiger partial charge in [0, 0.05) is 24.2 Å². The minimum atomic E-state index is -0.739. The highest BCUT2D eigenvalue weighted by atomic mass is 16.6. The minimum absolute atomic E-state index is 0.199. The Labute approximate surface area is 216 Å². The van der Waals surface area contributed by atoms with Crippen LogP contribution < -0.4 is 5.32 Å². The van der Waals surface area contributed by atoms with Crippen molar-refractivity contribution < 1.29 is 14.6 Å². The lowest BCUT2D eigenvalue weighted by atomic mass is 10.1. The van der Waals surface area contributed by atoms with Crippen molar-refractivity contribution in [3.63, 3.8) is 0 Å². The van der Waals surface area contributed by atoms with Crippen molar-refractivity contribution in [2.45, 2.75) is 13.3 Å². The summed E-state index contributed by atoms with van der Waals surface area (Å²) in [6.45, 7) is 1.88. The number of hydrogen-bond donors (Lipinski definition) is 1. The molecule has 5 aromatic rings. The summed E-state index contributed by atoms with van der Waals surface area (Å²) >= 11 is 0. The summed E-state index contributed by atoms with van der Waals surface area (Å²) in [7, 11) is 0. The fraction of sp³-hybridized carbons (Fsp3) is 0.0714. The van der Waals surface area contributed by atoms with Crippen molar-refractivity contribution in [1.29, 1.82) is 0 Å². The molecule has 38 heavy (non-hydrogen) atoms. The van der Waals surface area contributed by atoms with Crippen LogP contribution in [0.1, 0.15) is 27.3 Å². The molecule has 0 fully saturated rings. The molecule has 10 heteroatoms. The number of rotatable bonds is 7. The molecule has 0 unspecified atom stereocenters. The van der Waals surface area contributed by atoms with Gasteiger partial charge in [-0.15, -0.1) is 0 Å². The van der Waals surface area contributed by atoms with Crippen molar-refractivity contribution in [2.75, 3.05) is 5.32 Å². The number of anilines is 2. The van der Waals surface area contributed by atoms with E-state index in [4.69, 9.17) is 0 Å². The summed E-state index contributed by atoms with van der Waals surface area (Å²) in [5.41, 5.74) is 1.69. The molecule has 1 heterocycles. The number of aryl methyl sites for hydroxylation is 1. The molecule has 0 atom stereocenters. The van der Waals surface area contributed by atoms with Crippen LogP contribution in [0.2, 0.25) is 0 Å². The van der Waals surface area contributed by atoms with Gasteiger partial charge in [-0.2, -0.15) is 0 Å². The fourth-order valence-electron chi connectivity index (χ4n) is 4.26. The summed E-state index contributed by atoms with van der Waals surface area (Å²) in [5, 5.41) is 26.9. The first kappa shape index (κ1) is 24.3. The molecule has 1 N–H and O–H groups in total. The Balaban J connectivity index is 1.65. The molecule has 0 radical (unpaired) electrons. The summed E-state index contributed by atoms with van der Waals surface area (Å²) in [6, 6.07) is 25.4. The number of nitrogens with one attached hydrogen (secondary N) is 1. The Hall–Kier alpha value is -5.38. The minimum Gasteiger partial charge on any atom is -0.344 e. The highest BCUT2D eigenvalue weighted by Crippen LogP contribution is 2.38. The highest BCUT2D eigenvalue weighted by molar-refractivity contribution is 6.04. The van der Waals surface area contributed by atoms with E-state index in [0.29, 0.717) is 29.0 Å². The zero-order chi connectivity index (χ0) is 26.8. The van der Waals surface area contributed by atoms with Crippen molar-refractivity contribution in [1.82, 2.24) is 9.55 Å². The lowest BCUT2D eigenvalue weighted by molar-refractivity contribution is -0.392. The molecule has 5 rings (SSSR count). The Morgan fingerprint density at radius 2 is 1.47 bits per heavy atom. The highest BCUT2D eigenvalue weighted by Gasteiger charge is 2.30. The van der Waals surface area contributed by atoms with Gasteiger partial charge in [-0.3, -0.25) is 29.6 Å². The molecular formula is C28H21N5O5. The van der Waals surface area contributed by atoms with E-state index in [2.05, 4.69) is 10.3 Å². The van der Waals surface area contributed by atoms with Crippen LogP contribution in [0.4, 0.5) is 22.7 Å². The summed E-state index contributed by atoms with van der Waals surface area (Å²) in [5.74, 6) is -0.243. The standard InChI is InChI=1S/C28H21N5O5/c1-18-11-13-21(14-12-18)29-27-24(32(35)36)16-20(17-25(27)33(37)38)28(34)31-23-10-6-5-9-22(23)30-26(31)15-19-7-3-2-4-8-19/h2-14,16-17,29H,15H2,1H3. The largest absolute Gasteiger partial charge is 0.344 e. The molecule has 0 spiro atoms. The summed E-state index contributed by atoms with van der Waals surface area (Å²) in [6.07, 6.45) is 0.318. The van der Waals surface area contributed by atoms with Crippen molar-refractivity contribution in [3.8, 4) is 0 Å². The normalized spacial score (nSPS) is 10.9. The van der Waals surface area contributed by atoms with E-state index in [1.165, 1.54) is 4.57 Å². The topological polar surface area (TPSA) is 133 Å². The van der Waals surface area contributed by atoms with Gasteiger partial charge in [-0.25, -0.2) is 4.98 Å². The number of carbonyl (C=O) groups is 1. The Morgan fingerprint density at radius 1 is 0.868 bits per heavy atom. The second kappa shape index (κ2) is 9.94. The van der Waals surface area contributed by atoms with Gasteiger partial charge >= 0.3 is 11.4 Å². The maximum Gasteiger partial charge on any atom is 0.300 e. The molecule has 0 aliphatic heterocycles. The number of nitro benzene ring substituents is 2. The molecule has 0 bridgehead atoms. The number of carbonyl (C=O) groups excluding carboxylic acids is 1. The maximum absolute atomic E-state index is 13.8. The zero-order valence-corrected chi connectivity index (χ0v) is 20.2. The van der Waals surface area contributed by atoms with Gasteiger partial charge in [0.25, 0.3) is 5.91 Å². The van der Waals surface area contributed by atoms with Gasteiger partial charge in [0.15, 0.2) is 5.69 Å². The van der Waals surface area contributed by atoms with Gasteiger partial charge < -0.3 is 5.32 Å². The van der Waals surface area contributed by atoms with Crippen LogP contribution >= 0.6 is 0 Å². The van der Waals surface area contributed by atoms with Crippen LogP contribution in [0, 0.1) is 27.2 Å². The van der Waals surface area contributed by atoms with E-state index in [-0.39, 0.29) is 11.3 Å². The number of nitrogens with zero attached hydrogens (tertiary/aromatic N) is 4. The van der Waals surface area contributed by atoms with Crippen molar-refractivity contribution in [3.05, 3.63) is 134 Å². The number of fused-ring (bicyclic) bond motifs is 1.